The first-order valence-electron chi connectivity index (χ1n) is 10.3. The molecule has 2 aromatic carbocycles. The molecule has 0 aliphatic rings. The van der Waals surface area contributed by atoms with Crippen molar-refractivity contribution in [2.45, 2.75) is 18.9 Å². The molecule has 2 N–H and O–H groups in total. The first-order chi connectivity index (χ1) is 16.2. The SMILES string of the molecule is CC(F)(F)C(c1ccc(F)cc1)n1cc(-c2cccc(-c3ccn4nc(N)nc4c3)c2F)cn1. The number of alkyl halides is 2. The molecule has 0 spiro atoms. The minimum atomic E-state index is -3.21. The van der Waals surface area contributed by atoms with Gasteiger partial charge in [-0.15, -0.1) is 5.10 Å². The highest BCUT2D eigenvalue weighted by molar-refractivity contribution is 5.75. The Hall–Kier alpha value is -4.21. The van der Waals surface area contributed by atoms with Crippen LogP contribution in [0.1, 0.15) is 18.5 Å². The maximum Gasteiger partial charge on any atom is 0.271 e. The van der Waals surface area contributed by atoms with Gasteiger partial charge in [0.15, 0.2) is 5.65 Å². The highest BCUT2D eigenvalue weighted by Crippen LogP contribution is 2.36. The van der Waals surface area contributed by atoms with Crippen molar-refractivity contribution in [3.05, 3.63) is 90.4 Å². The summed E-state index contributed by atoms with van der Waals surface area (Å²) in [6, 6.07) is 11.4. The van der Waals surface area contributed by atoms with Gasteiger partial charge in [0.05, 0.1) is 6.20 Å². The Morgan fingerprint density at radius 1 is 0.971 bits per heavy atom. The number of benzene rings is 2. The third kappa shape index (κ3) is 3.87. The van der Waals surface area contributed by atoms with Crippen LogP contribution in [0.5, 0.6) is 0 Å². The zero-order valence-corrected chi connectivity index (χ0v) is 17.8. The number of rotatable bonds is 5. The number of hydrogen-bond donors (Lipinski definition) is 1. The third-order valence-corrected chi connectivity index (χ3v) is 5.51. The number of fused-ring (bicyclic) bond motifs is 1. The smallest absolute Gasteiger partial charge is 0.271 e. The summed E-state index contributed by atoms with van der Waals surface area (Å²) >= 11 is 0. The molecule has 5 rings (SSSR count). The zero-order chi connectivity index (χ0) is 24.0. The van der Waals surface area contributed by atoms with E-state index in [0.29, 0.717) is 22.3 Å². The van der Waals surface area contributed by atoms with Gasteiger partial charge in [0.25, 0.3) is 5.92 Å². The number of hydrogen-bond acceptors (Lipinski definition) is 4. The summed E-state index contributed by atoms with van der Waals surface area (Å²) in [6.07, 6.45) is 4.30. The number of anilines is 1. The second kappa shape index (κ2) is 7.98. The summed E-state index contributed by atoms with van der Waals surface area (Å²) in [5.41, 5.74) is 7.62. The average molecular weight is 466 g/mol. The van der Waals surface area contributed by atoms with Gasteiger partial charge in [-0.1, -0.05) is 30.3 Å². The lowest BCUT2D eigenvalue weighted by Gasteiger charge is -2.24. The minimum Gasteiger partial charge on any atom is -0.366 e. The standard InChI is InChI=1S/C24H18F4N6/c1-24(27,28)22(14-5-7-17(25)8-6-14)34-13-16(12-30-34)19-4-2-3-18(21(19)26)15-9-10-33-20(11-15)31-23(29)32-33/h2-13,22H,1H3,(H2,29,32). The highest BCUT2D eigenvalue weighted by atomic mass is 19.3. The fourth-order valence-corrected chi connectivity index (χ4v) is 3.99. The molecule has 0 radical (unpaired) electrons. The molecule has 0 amide bonds. The van der Waals surface area contributed by atoms with E-state index in [9.17, 15) is 13.2 Å². The van der Waals surface area contributed by atoms with Crippen LogP contribution in [0.2, 0.25) is 0 Å². The molecule has 0 bridgehead atoms. The molecule has 0 saturated heterocycles. The van der Waals surface area contributed by atoms with Gasteiger partial charge in [0.2, 0.25) is 5.95 Å². The summed E-state index contributed by atoms with van der Waals surface area (Å²) in [7, 11) is 0. The molecule has 172 valence electrons. The molecule has 6 nitrogen and oxygen atoms in total. The van der Waals surface area contributed by atoms with Gasteiger partial charge in [-0.05, 0) is 35.4 Å². The predicted molar refractivity (Wildman–Crippen MR) is 119 cm³/mol. The van der Waals surface area contributed by atoms with Gasteiger partial charge in [-0.2, -0.15) is 10.1 Å². The lowest BCUT2D eigenvalue weighted by Crippen LogP contribution is -2.29. The number of nitrogens with two attached hydrogens (primary N) is 1. The van der Waals surface area contributed by atoms with Gasteiger partial charge in [0.1, 0.15) is 17.7 Å². The molecule has 0 fully saturated rings. The van der Waals surface area contributed by atoms with Crippen LogP contribution in [0.15, 0.2) is 73.2 Å². The molecular weight excluding hydrogens is 448 g/mol. The third-order valence-electron chi connectivity index (χ3n) is 5.51. The van der Waals surface area contributed by atoms with Gasteiger partial charge >= 0.3 is 0 Å². The van der Waals surface area contributed by atoms with Gasteiger partial charge < -0.3 is 5.73 Å². The summed E-state index contributed by atoms with van der Waals surface area (Å²) in [6.45, 7) is 0.761. The molecule has 3 heterocycles. The monoisotopic (exact) mass is 466 g/mol. The minimum absolute atomic E-state index is 0.0993. The van der Waals surface area contributed by atoms with Crippen LogP contribution in [-0.2, 0) is 0 Å². The summed E-state index contributed by atoms with van der Waals surface area (Å²) in [5.74, 6) is -4.19. The van der Waals surface area contributed by atoms with Crippen LogP contribution in [0.4, 0.5) is 23.5 Å². The second-order valence-corrected chi connectivity index (χ2v) is 7.97. The topological polar surface area (TPSA) is 74.0 Å². The maximum absolute atomic E-state index is 15.6. The molecule has 1 unspecified atom stereocenters. The first-order valence-corrected chi connectivity index (χ1v) is 10.3. The number of halogens is 4. The predicted octanol–water partition coefficient (Wildman–Crippen LogP) is 5.36. The normalized spacial score (nSPS) is 12.9. The summed E-state index contributed by atoms with van der Waals surface area (Å²) in [5, 5.41) is 8.09. The second-order valence-electron chi connectivity index (χ2n) is 7.97. The maximum atomic E-state index is 15.6. The molecule has 5 aromatic rings. The number of nitrogens with zero attached hydrogens (tertiary/aromatic N) is 5. The van der Waals surface area contributed by atoms with Crippen LogP contribution in [-0.4, -0.2) is 30.3 Å². The van der Waals surface area contributed by atoms with E-state index in [0.717, 1.165) is 23.7 Å². The van der Waals surface area contributed by atoms with Crippen molar-refractivity contribution in [3.8, 4) is 22.3 Å². The van der Waals surface area contributed by atoms with Crippen molar-refractivity contribution in [1.82, 2.24) is 24.4 Å². The Balaban J connectivity index is 1.55. The van der Waals surface area contributed by atoms with E-state index in [4.69, 9.17) is 5.73 Å². The zero-order valence-electron chi connectivity index (χ0n) is 17.8. The Labute approximate surface area is 191 Å². The van der Waals surface area contributed by atoms with Crippen LogP contribution in [0, 0.1) is 11.6 Å². The molecular formula is C24H18F4N6. The molecule has 1 atom stereocenters. The fraction of sp³-hybridized carbons (Fsp3) is 0.125. The van der Waals surface area contributed by atoms with E-state index in [1.807, 2.05) is 0 Å². The summed E-state index contributed by atoms with van der Waals surface area (Å²) < 4.78 is 60.5. The van der Waals surface area contributed by atoms with Crippen molar-refractivity contribution in [2.75, 3.05) is 5.73 Å². The van der Waals surface area contributed by atoms with E-state index < -0.39 is 23.6 Å². The number of aromatic nitrogens is 5. The van der Waals surface area contributed by atoms with E-state index >= 15 is 4.39 Å². The Kier molecular flexibility index (Phi) is 5.07. The molecule has 3 aromatic heterocycles. The van der Waals surface area contributed by atoms with Crippen LogP contribution in [0.25, 0.3) is 27.9 Å². The van der Waals surface area contributed by atoms with Crippen molar-refractivity contribution >= 4 is 11.6 Å². The van der Waals surface area contributed by atoms with Gasteiger partial charge in [0, 0.05) is 36.0 Å². The van der Waals surface area contributed by atoms with E-state index in [-0.39, 0.29) is 17.1 Å². The summed E-state index contributed by atoms with van der Waals surface area (Å²) in [4.78, 5) is 4.09. The largest absolute Gasteiger partial charge is 0.366 e. The Bertz CT molecular complexity index is 1480. The molecule has 0 aliphatic heterocycles. The van der Waals surface area contributed by atoms with Crippen LogP contribution in [0.3, 0.4) is 0 Å². The van der Waals surface area contributed by atoms with Gasteiger partial charge in [-0.3, -0.25) is 4.68 Å². The first kappa shape index (κ1) is 21.6. The Morgan fingerprint density at radius 3 is 2.38 bits per heavy atom. The molecule has 0 saturated carbocycles. The van der Waals surface area contributed by atoms with Crippen LogP contribution >= 0.6 is 0 Å². The van der Waals surface area contributed by atoms with E-state index in [2.05, 4.69) is 15.2 Å². The lowest BCUT2D eigenvalue weighted by molar-refractivity contribution is -0.0217. The lowest BCUT2D eigenvalue weighted by atomic mass is 10.00. The quantitative estimate of drug-likeness (QED) is 0.354. The van der Waals surface area contributed by atoms with E-state index in [1.165, 1.54) is 29.0 Å². The number of pyridine rings is 1. The average Bonchev–Trinajstić information content (AvgIpc) is 3.40. The Morgan fingerprint density at radius 2 is 1.68 bits per heavy atom. The molecule has 10 heteroatoms. The van der Waals surface area contributed by atoms with Crippen molar-refractivity contribution < 1.29 is 17.6 Å². The van der Waals surface area contributed by atoms with Crippen molar-refractivity contribution in [3.63, 3.8) is 0 Å². The number of nitrogen functional groups attached to an aromatic ring is 1. The molecule has 34 heavy (non-hydrogen) atoms. The van der Waals surface area contributed by atoms with Gasteiger partial charge in [-0.25, -0.2) is 22.1 Å². The highest BCUT2D eigenvalue weighted by Gasteiger charge is 2.37. The van der Waals surface area contributed by atoms with Crippen molar-refractivity contribution in [2.24, 2.45) is 0 Å². The fourth-order valence-electron chi connectivity index (χ4n) is 3.99. The van der Waals surface area contributed by atoms with Crippen LogP contribution < -0.4 is 5.73 Å². The van der Waals surface area contributed by atoms with E-state index in [1.54, 1.807) is 36.5 Å². The molecule has 0 aliphatic carbocycles. The van der Waals surface area contributed by atoms with Crippen molar-refractivity contribution in [1.29, 1.82) is 0 Å².